The minimum atomic E-state index is -0.847. The summed E-state index contributed by atoms with van der Waals surface area (Å²) < 4.78 is 30.7. The van der Waals surface area contributed by atoms with Gasteiger partial charge in [-0.2, -0.15) is 0 Å². The van der Waals surface area contributed by atoms with Gasteiger partial charge in [-0.15, -0.1) is 0 Å². The van der Waals surface area contributed by atoms with Crippen molar-refractivity contribution in [3.8, 4) is 0 Å². The number of Topliss-reactive ketones (excluding diaryl/α,β-unsaturated/α-hetero) is 1. The maximum absolute atomic E-state index is 12.9. The van der Waals surface area contributed by atoms with Crippen LogP contribution in [0.25, 0.3) is 0 Å². The number of hydrogen-bond acceptors (Lipinski definition) is 3. The van der Waals surface area contributed by atoms with Gasteiger partial charge < -0.3 is 10.1 Å². The zero-order chi connectivity index (χ0) is 14.6. The van der Waals surface area contributed by atoms with Gasteiger partial charge in [-0.1, -0.05) is 0 Å². The number of carbonyl (C=O) groups is 2. The van der Waals surface area contributed by atoms with Gasteiger partial charge in [-0.3, -0.25) is 4.79 Å². The van der Waals surface area contributed by atoms with Crippen LogP contribution in [0.15, 0.2) is 18.2 Å². The first kappa shape index (κ1) is 15.1. The van der Waals surface area contributed by atoms with Crippen LogP contribution in [0.4, 0.5) is 13.6 Å². The van der Waals surface area contributed by atoms with E-state index in [1.807, 2.05) is 0 Å². The fourth-order valence-electron chi connectivity index (χ4n) is 1.28. The van der Waals surface area contributed by atoms with Crippen LogP contribution >= 0.6 is 0 Å². The van der Waals surface area contributed by atoms with E-state index in [1.165, 1.54) is 0 Å². The maximum atomic E-state index is 12.9. The van der Waals surface area contributed by atoms with Gasteiger partial charge in [-0.25, -0.2) is 13.6 Å². The lowest BCUT2D eigenvalue weighted by Crippen LogP contribution is -2.35. The Labute approximate surface area is 109 Å². The van der Waals surface area contributed by atoms with Crippen molar-refractivity contribution >= 4 is 11.9 Å². The number of amides is 1. The third-order valence-corrected chi connectivity index (χ3v) is 1.98. The summed E-state index contributed by atoms with van der Waals surface area (Å²) in [6.07, 6.45) is -0.766. The number of ether oxygens (including phenoxy) is 1. The SMILES string of the molecule is CC(C)(C)OC(=O)NCC(=O)c1cc(F)cc(F)c1. The van der Waals surface area contributed by atoms with Crippen molar-refractivity contribution in [1.29, 1.82) is 0 Å². The van der Waals surface area contributed by atoms with E-state index in [2.05, 4.69) is 5.32 Å². The fraction of sp³-hybridized carbons (Fsp3) is 0.385. The fourth-order valence-corrected chi connectivity index (χ4v) is 1.28. The Bertz CT molecular complexity index is 475. The number of carbonyl (C=O) groups excluding carboxylic acids is 2. The molecule has 0 spiro atoms. The zero-order valence-corrected chi connectivity index (χ0v) is 10.9. The van der Waals surface area contributed by atoms with E-state index in [1.54, 1.807) is 20.8 Å². The van der Waals surface area contributed by atoms with Crippen LogP contribution in [0.2, 0.25) is 0 Å². The Kier molecular flexibility index (Phi) is 4.58. The number of alkyl carbamates (subject to hydrolysis) is 1. The van der Waals surface area contributed by atoms with E-state index in [9.17, 15) is 18.4 Å². The average Bonchev–Trinajstić information content (AvgIpc) is 2.22. The van der Waals surface area contributed by atoms with E-state index in [0.29, 0.717) is 6.07 Å². The summed E-state index contributed by atoms with van der Waals surface area (Å²) in [7, 11) is 0. The molecule has 1 amide bonds. The van der Waals surface area contributed by atoms with Gasteiger partial charge in [-0.05, 0) is 32.9 Å². The number of benzene rings is 1. The molecule has 1 aromatic carbocycles. The van der Waals surface area contributed by atoms with Gasteiger partial charge in [0.25, 0.3) is 0 Å². The Morgan fingerprint density at radius 1 is 1.16 bits per heavy atom. The lowest BCUT2D eigenvalue weighted by Gasteiger charge is -2.19. The van der Waals surface area contributed by atoms with Crippen molar-refractivity contribution in [3.63, 3.8) is 0 Å². The number of nitrogens with one attached hydrogen (secondary N) is 1. The topological polar surface area (TPSA) is 55.4 Å². The molecule has 0 atom stereocenters. The molecule has 0 unspecified atom stereocenters. The molecule has 0 aromatic heterocycles. The molecule has 0 radical (unpaired) electrons. The number of ketones is 1. The van der Waals surface area contributed by atoms with E-state index >= 15 is 0 Å². The molecular formula is C13H15F2NO3. The van der Waals surface area contributed by atoms with Crippen molar-refractivity contribution in [1.82, 2.24) is 5.32 Å². The van der Waals surface area contributed by atoms with Crippen LogP contribution in [0.1, 0.15) is 31.1 Å². The van der Waals surface area contributed by atoms with E-state index in [0.717, 1.165) is 12.1 Å². The molecule has 4 nitrogen and oxygen atoms in total. The molecule has 0 heterocycles. The summed E-state index contributed by atoms with van der Waals surface area (Å²) in [6.45, 7) is 4.64. The molecule has 1 aromatic rings. The van der Waals surface area contributed by atoms with Crippen LogP contribution < -0.4 is 5.32 Å². The lowest BCUT2D eigenvalue weighted by atomic mass is 10.1. The Morgan fingerprint density at radius 3 is 2.16 bits per heavy atom. The monoisotopic (exact) mass is 271 g/mol. The lowest BCUT2D eigenvalue weighted by molar-refractivity contribution is 0.0520. The maximum Gasteiger partial charge on any atom is 0.408 e. The van der Waals surface area contributed by atoms with E-state index in [4.69, 9.17) is 4.74 Å². The average molecular weight is 271 g/mol. The van der Waals surface area contributed by atoms with Crippen molar-refractivity contribution in [2.75, 3.05) is 6.54 Å². The van der Waals surface area contributed by atoms with Crippen LogP contribution in [0.5, 0.6) is 0 Å². The first-order valence-corrected chi connectivity index (χ1v) is 5.63. The Morgan fingerprint density at radius 2 is 1.68 bits per heavy atom. The molecular weight excluding hydrogens is 256 g/mol. The van der Waals surface area contributed by atoms with Gasteiger partial charge in [0.1, 0.15) is 17.2 Å². The third kappa shape index (κ3) is 5.46. The zero-order valence-electron chi connectivity index (χ0n) is 10.9. The summed E-state index contributed by atoms with van der Waals surface area (Å²) >= 11 is 0. The molecule has 0 aliphatic rings. The minimum absolute atomic E-state index is 0.145. The number of rotatable bonds is 3. The normalized spacial score (nSPS) is 11.0. The van der Waals surface area contributed by atoms with Crippen molar-refractivity contribution in [2.45, 2.75) is 26.4 Å². The Hall–Kier alpha value is -1.98. The number of halogens is 2. The van der Waals surface area contributed by atoms with E-state index in [-0.39, 0.29) is 5.56 Å². The summed E-state index contributed by atoms with van der Waals surface area (Å²) in [5, 5.41) is 2.22. The summed E-state index contributed by atoms with van der Waals surface area (Å²) in [5.74, 6) is -2.30. The highest BCUT2D eigenvalue weighted by atomic mass is 19.1. The molecule has 0 aliphatic carbocycles. The van der Waals surface area contributed by atoms with Crippen molar-refractivity contribution in [2.24, 2.45) is 0 Å². The first-order chi connectivity index (χ1) is 8.67. The summed E-state index contributed by atoms with van der Waals surface area (Å²) in [6, 6.07) is 2.47. The largest absolute Gasteiger partial charge is 0.444 e. The molecule has 19 heavy (non-hydrogen) atoms. The van der Waals surface area contributed by atoms with Crippen molar-refractivity contribution < 1.29 is 23.1 Å². The molecule has 0 saturated heterocycles. The molecule has 0 bridgehead atoms. The summed E-state index contributed by atoms with van der Waals surface area (Å²) in [5.41, 5.74) is -0.827. The predicted molar refractivity (Wildman–Crippen MR) is 64.9 cm³/mol. The van der Waals surface area contributed by atoms with Crippen molar-refractivity contribution in [3.05, 3.63) is 35.4 Å². The smallest absolute Gasteiger partial charge is 0.408 e. The predicted octanol–water partition coefficient (Wildman–Crippen LogP) is 2.67. The second kappa shape index (κ2) is 5.77. The highest BCUT2D eigenvalue weighted by Crippen LogP contribution is 2.09. The quantitative estimate of drug-likeness (QED) is 0.860. The second-order valence-corrected chi connectivity index (χ2v) is 4.94. The first-order valence-electron chi connectivity index (χ1n) is 5.63. The minimum Gasteiger partial charge on any atom is -0.444 e. The Balaban J connectivity index is 2.58. The molecule has 0 aliphatic heterocycles. The molecule has 1 rings (SSSR count). The van der Waals surface area contributed by atoms with E-state index < -0.39 is 35.7 Å². The summed E-state index contributed by atoms with van der Waals surface area (Å²) in [4.78, 5) is 22.9. The van der Waals surface area contributed by atoms with Gasteiger partial charge in [0.15, 0.2) is 5.78 Å². The van der Waals surface area contributed by atoms with Crippen LogP contribution in [0.3, 0.4) is 0 Å². The number of hydrogen-bond donors (Lipinski definition) is 1. The third-order valence-electron chi connectivity index (χ3n) is 1.98. The van der Waals surface area contributed by atoms with Gasteiger partial charge in [0.2, 0.25) is 0 Å². The van der Waals surface area contributed by atoms with Gasteiger partial charge in [0.05, 0.1) is 6.54 Å². The molecule has 0 saturated carbocycles. The van der Waals surface area contributed by atoms with Crippen LogP contribution in [-0.2, 0) is 4.74 Å². The van der Waals surface area contributed by atoms with Gasteiger partial charge in [0, 0.05) is 11.6 Å². The molecule has 1 N–H and O–H groups in total. The van der Waals surface area contributed by atoms with Crippen LogP contribution in [-0.4, -0.2) is 24.0 Å². The molecule has 0 fully saturated rings. The highest BCUT2D eigenvalue weighted by Gasteiger charge is 2.17. The van der Waals surface area contributed by atoms with Gasteiger partial charge >= 0.3 is 6.09 Å². The molecule has 104 valence electrons. The second-order valence-electron chi connectivity index (χ2n) is 4.94. The van der Waals surface area contributed by atoms with Crippen LogP contribution in [0, 0.1) is 11.6 Å². The highest BCUT2D eigenvalue weighted by molar-refractivity contribution is 5.98. The molecule has 6 heteroatoms. The standard InChI is InChI=1S/C13H15F2NO3/c1-13(2,3)19-12(18)16-7-11(17)8-4-9(14)6-10(15)5-8/h4-6H,7H2,1-3H3,(H,16,18).